The minimum Gasteiger partial charge on any atom is -0.481 e. The van der Waals surface area contributed by atoms with E-state index in [0.717, 1.165) is 16.2 Å². The second-order valence-electron chi connectivity index (χ2n) is 5.37. The third-order valence-corrected chi connectivity index (χ3v) is 5.06. The van der Waals surface area contributed by atoms with E-state index in [0.29, 0.717) is 12.0 Å². The highest BCUT2D eigenvalue weighted by molar-refractivity contribution is 7.99. The van der Waals surface area contributed by atoms with E-state index in [9.17, 15) is 4.79 Å². The molecule has 0 amide bonds. The average molecular weight is 290 g/mol. The first-order valence-electron chi connectivity index (χ1n) is 6.98. The number of imidazole rings is 1. The normalized spacial score (nSPS) is 17.1. The Morgan fingerprint density at radius 3 is 2.90 bits per heavy atom. The number of fused-ring (bicyclic) bond motifs is 1. The highest BCUT2D eigenvalue weighted by atomic mass is 32.2. The van der Waals surface area contributed by atoms with Gasteiger partial charge in [0.25, 0.3) is 0 Å². The van der Waals surface area contributed by atoms with Gasteiger partial charge in [0.1, 0.15) is 0 Å². The van der Waals surface area contributed by atoms with Crippen molar-refractivity contribution in [3.63, 3.8) is 0 Å². The fourth-order valence-corrected chi connectivity index (χ4v) is 3.60. The van der Waals surface area contributed by atoms with Crippen LogP contribution >= 0.6 is 11.8 Å². The molecule has 0 saturated heterocycles. The standard InChI is InChI=1S/C15H18N2O2S/c1-10(11-5-4-6-11)17-13-8-3-2-7-12(13)16-15(17)20-9-14(18)19/h2-3,7-8,10-11H,4-6,9H2,1H3,(H,18,19). The number of carbonyl (C=O) groups is 1. The first-order chi connectivity index (χ1) is 9.66. The number of nitrogens with zero attached hydrogens (tertiary/aromatic N) is 2. The van der Waals surface area contributed by atoms with Crippen LogP contribution in [0.4, 0.5) is 0 Å². The molecule has 3 rings (SSSR count). The summed E-state index contributed by atoms with van der Waals surface area (Å²) >= 11 is 1.31. The van der Waals surface area contributed by atoms with Gasteiger partial charge in [-0.25, -0.2) is 4.98 Å². The van der Waals surface area contributed by atoms with E-state index in [4.69, 9.17) is 5.11 Å². The van der Waals surface area contributed by atoms with Crippen molar-refractivity contribution in [3.05, 3.63) is 24.3 Å². The van der Waals surface area contributed by atoms with Gasteiger partial charge >= 0.3 is 5.97 Å². The second-order valence-corrected chi connectivity index (χ2v) is 6.31. The van der Waals surface area contributed by atoms with Crippen molar-refractivity contribution in [2.75, 3.05) is 5.75 Å². The zero-order chi connectivity index (χ0) is 14.1. The van der Waals surface area contributed by atoms with E-state index in [1.54, 1.807) is 0 Å². The average Bonchev–Trinajstić information content (AvgIpc) is 2.72. The van der Waals surface area contributed by atoms with E-state index < -0.39 is 5.97 Å². The van der Waals surface area contributed by atoms with E-state index >= 15 is 0 Å². The largest absolute Gasteiger partial charge is 0.481 e. The Kier molecular flexibility index (Phi) is 3.70. The predicted molar refractivity (Wildman–Crippen MR) is 80.1 cm³/mol. The molecular weight excluding hydrogens is 272 g/mol. The number of para-hydroxylation sites is 2. The molecule has 0 bridgehead atoms. The number of benzene rings is 1. The van der Waals surface area contributed by atoms with Crippen LogP contribution < -0.4 is 0 Å². The molecule has 4 nitrogen and oxygen atoms in total. The zero-order valence-corrected chi connectivity index (χ0v) is 12.3. The lowest BCUT2D eigenvalue weighted by molar-refractivity contribution is -0.133. The summed E-state index contributed by atoms with van der Waals surface area (Å²) in [4.78, 5) is 15.4. The molecule has 1 N–H and O–H groups in total. The minimum atomic E-state index is -0.801. The van der Waals surface area contributed by atoms with Crippen LogP contribution in [0.2, 0.25) is 0 Å². The quantitative estimate of drug-likeness (QED) is 0.855. The molecule has 0 radical (unpaired) electrons. The lowest BCUT2D eigenvalue weighted by Gasteiger charge is -2.33. The Morgan fingerprint density at radius 2 is 2.25 bits per heavy atom. The fraction of sp³-hybridized carbons (Fsp3) is 0.467. The summed E-state index contributed by atoms with van der Waals surface area (Å²) < 4.78 is 2.23. The van der Waals surface area contributed by atoms with Crippen LogP contribution in [-0.4, -0.2) is 26.4 Å². The molecule has 20 heavy (non-hydrogen) atoms. The molecule has 2 aromatic rings. The molecule has 1 unspecified atom stereocenters. The van der Waals surface area contributed by atoms with Gasteiger partial charge in [-0.2, -0.15) is 0 Å². The van der Waals surface area contributed by atoms with Crippen LogP contribution in [0.25, 0.3) is 11.0 Å². The lowest BCUT2D eigenvalue weighted by Crippen LogP contribution is -2.23. The van der Waals surface area contributed by atoms with Gasteiger partial charge in [0.2, 0.25) is 0 Å². The number of aromatic nitrogens is 2. The van der Waals surface area contributed by atoms with Crippen LogP contribution in [0.3, 0.4) is 0 Å². The Labute approximate surface area is 122 Å². The number of aliphatic carboxylic acids is 1. The number of hydrogen-bond donors (Lipinski definition) is 1. The first-order valence-corrected chi connectivity index (χ1v) is 7.97. The monoisotopic (exact) mass is 290 g/mol. The van der Waals surface area contributed by atoms with Crippen molar-refractivity contribution in [2.24, 2.45) is 5.92 Å². The summed E-state index contributed by atoms with van der Waals surface area (Å²) in [6.07, 6.45) is 3.83. The molecule has 1 fully saturated rings. The number of carboxylic acids is 1. The van der Waals surface area contributed by atoms with Gasteiger partial charge in [-0.05, 0) is 37.8 Å². The van der Waals surface area contributed by atoms with Gasteiger partial charge in [-0.1, -0.05) is 30.3 Å². The zero-order valence-electron chi connectivity index (χ0n) is 11.5. The second kappa shape index (κ2) is 5.48. The van der Waals surface area contributed by atoms with Gasteiger partial charge in [-0.15, -0.1) is 0 Å². The maximum Gasteiger partial charge on any atom is 0.313 e. The van der Waals surface area contributed by atoms with Crippen molar-refractivity contribution in [1.29, 1.82) is 0 Å². The predicted octanol–water partition coefficient (Wildman–Crippen LogP) is 3.57. The van der Waals surface area contributed by atoms with E-state index in [1.165, 1.54) is 31.0 Å². The van der Waals surface area contributed by atoms with Gasteiger partial charge in [0.15, 0.2) is 5.16 Å². The Morgan fingerprint density at radius 1 is 1.50 bits per heavy atom. The summed E-state index contributed by atoms with van der Waals surface area (Å²) in [6.45, 7) is 2.22. The molecule has 0 spiro atoms. The van der Waals surface area contributed by atoms with Crippen LogP contribution in [0.15, 0.2) is 29.4 Å². The van der Waals surface area contributed by atoms with Gasteiger partial charge in [0.05, 0.1) is 16.8 Å². The Bertz CT molecular complexity index is 634. The van der Waals surface area contributed by atoms with Crippen LogP contribution in [0, 0.1) is 5.92 Å². The molecule has 1 atom stereocenters. The molecule has 1 heterocycles. The molecule has 1 aromatic carbocycles. The molecule has 1 saturated carbocycles. The summed E-state index contributed by atoms with van der Waals surface area (Å²) in [6, 6.07) is 8.43. The summed E-state index contributed by atoms with van der Waals surface area (Å²) in [5, 5.41) is 9.71. The fourth-order valence-electron chi connectivity index (χ4n) is 2.78. The lowest BCUT2D eigenvalue weighted by atomic mass is 9.80. The summed E-state index contributed by atoms with van der Waals surface area (Å²) in [5.74, 6) is -0.0533. The summed E-state index contributed by atoms with van der Waals surface area (Å²) in [7, 11) is 0. The molecule has 1 aliphatic carbocycles. The topological polar surface area (TPSA) is 55.1 Å². The van der Waals surface area contributed by atoms with Crippen molar-refractivity contribution in [1.82, 2.24) is 9.55 Å². The smallest absolute Gasteiger partial charge is 0.313 e. The van der Waals surface area contributed by atoms with Gasteiger partial charge in [-0.3, -0.25) is 4.79 Å². The van der Waals surface area contributed by atoms with Gasteiger partial charge in [0, 0.05) is 6.04 Å². The molecule has 1 aliphatic rings. The summed E-state index contributed by atoms with van der Waals surface area (Å²) in [5.41, 5.74) is 2.06. The maximum absolute atomic E-state index is 10.8. The van der Waals surface area contributed by atoms with Gasteiger partial charge < -0.3 is 9.67 Å². The van der Waals surface area contributed by atoms with Crippen LogP contribution in [0.5, 0.6) is 0 Å². The number of thioether (sulfide) groups is 1. The third kappa shape index (κ3) is 2.42. The molecular formula is C15H18N2O2S. The Balaban J connectivity index is 2.00. The van der Waals surface area contributed by atoms with E-state index in [-0.39, 0.29) is 5.75 Å². The van der Waals surface area contributed by atoms with E-state index in [1.807, 2.05) is 18.2 Å². The highest BCUT2D eigenvalue weighted by Crippen LogP contribution is 2.39. The Hall–Kier alpha value is -1.49. The molecule has 5 heteroatoms. The van der Waals surface area contributed by atoms with Crippen LogP contribution in [0.1, 0.15) is 32.2 Å². The third-order valence-electron chi connectivity index (χ3n) is 4.13. The van der Waals surface area contributed by atoms with Crippen molar-refractivity contribution >= 4 is 28.8 Å². The highest BCUT2D eigenvalue weighted by Gasteiger charge is 2.28. The van der Waals surface area contributed by atoms with Crippen LogP contribution in [-0.2, 0) is 4.79 Å². The van der Waals surface area contributed by atoms with Crippen molar-refractivity contribution < 1.29 is 9.90 Å². The van der Waals surface area contributed by atoms with Crippen molar-refractivity contribution in [2.45, 2.75) is 37.4 Å². The minimum absolute atomic E-state index is 0.0563. The number of carboxylic acid groups (broad SMARTS) is 1. The molecule has 106 valence electrons. The number of rotatable bonds is 5. The SMILES string of the molecule is CC(C1CCC1)n1c(SCC(=O)O)nc2ccccc21. The molecule has 0 aliphatic heterocycles. The molecule has 1 aromatic heterocycles. The number of hydrogen-bond acceptors (Lipinski definition) is 3. The maximum atomic E-state index is 10.8. The van der Waals surface area contributed by atoms with E-state index in [2.05, 4.69) is 22.5 Å². The van der Waals surface area contributed by atoms with Crippen molar-refractivity contribution in [3.8, 4) is 0 Å². The first kappa shape index (κ1) is 13.5.